The van der Waals surface area contributed by atoms with Gasteiger partial charge in [0.05, 0.1) is 27.8 Å². The van der Waals surface area contributed by atoms with E-state index in [9.17, 15) is 0 Å². The molecule has 0 fully saturated rings. The van der Waals surface area contributed by atoms with E-state index in [1.165, 1.54) is 61.0 Å². The predicted molar refractivity (Wildman–Crippen MR) is 248 cm³/mol. The Bertz CT molecular complexity index is 3290. The van der Waals surface area contributed by atoms with E-state index in [0.29, 0.717) is 5.92 Å². The summed E-state index contributed by atoms with van der Waals surface area (Å²) in [5.41, 5.74) is 16.9. The zero-order valence-corrected chi connectivity index (χ0v) is 33.2. The zero-order chi connectivity index (χ0) is 39.8. The molecule has 0 spiro atoms. The fourth-order valence-corrected chi connectivity index (χ4v) is 10.1. The monoisotopic (exact) mass is 768 g/mol. The summed E-state index contributed by atoms with van der Waals surface area (Å²) >= 11 is 0. The molecule has 0 N–H and O–H groups in total. The number of hydrogen-bond acceptors (Lipinski definition) is 2. The molecule has 6 aromatic carbocycles. The Hall–Kier alpha value is -7.56. The molecule has 0 radical (unpaired) electrons. The Kier molecular flexibility index (Phi) is 7.76. The molecule has 0 amide bonds. The van der Waals surface area contributed by atoms with Gasteiger partial charge in [0.2, 0.25) is 0 Å². The maximum Gasteiger partial charge on any atom is 0.146 e. The Balaban J connectivity index is 0.977. The molecule has 60 heavy (non-hydrogen) atoms. The summed E-state index contributed by atoms with van der Waals surface area (Å²) in [6.07, 6.45) is 14.2. The largest absolute Gasteiger partial charge is 0.309 e. The second-order valence-corrected chi connectivity index (χ2v) is 16.0. The second kappa shape index (κ2) is 13.5. The van der Waals surface area contributed by atoms with Gasteiger partial charge in [-0.05, 0) is 94.3 Å². The van der Waals surface area contributed by atoms with Crippen molar-refractivity contribution in [1.29, 1.82) is 0 Å². The van der Waals surface area contributed by atoms with Crippen LogP contribution >= 0.6 is 0 Å². The van der Waals surface area contributed by atoms with Crippen molar-refractivity contribution in [2.45, 2.75) is 18.8 Å². The topological polar surface area (TPSA) is 35.6 Å². The first-order valence-corrected chi connectivity index (χ1v) is 20.9. The number of aromatic nitrogens is 4. The van der Waals surface area contributed by atoms with Gasteiger partial charge < -0.3 is 4.57 Å². The molecule has 10 aromatic rings. The predicted octanol–water partition coefficient (Wildman–Crippen LogP) is 13.6. The first kappa shape index (κ1) is 34.5. The Morgan fingerprint density at radius 1 is 0.550 bits per heavy atom. The summed E-state index contributed by atoms with van der Waals surface area (Å²) in [6.45, 7) is 2.24. The Labute approximate surface area is 349 Å². The minimum absolute atomic E-state index is 0.428. The molecule has 12 rings (SSSR count). The van der Waals surface area contributed by atoms with Crippen molar-refractivity contribution in [1.82, 2.24) is 19.1 Å². The number of fused-ring (bicyclic) bond motifs is 9. The highest BCUT2D eigenvalue weighted by Gasteiger charge is 2.47. The van der Waals surface area contributed by atoms with E-state index in [4.69, 9.17) is 4.98 Å². The van der Waals surface area contributed by atoms with Gasteiger partial charge in [0.15, 0.2) is 0 Å². The van der Waals surface area contributed by atoms with Gasteiger partial charge in [-0.1, -0.05) is 153 Å². The van der Waals surface area contributed by atoms with E-state index < -0.39 is 5.41 Å². The number of benzene rings is 6. The fourth-order valence-electron chi connectivity index (χ4n) is 10.1. The number of hydrogen-bond donors (Lipinski definition) is 0. The van der Waals surface area contributed by atoms with Gasteiger partial charge in [-0.3, -0.25) is 9.55 Å². The van der Waals surface area contributed by atoms with Crippen molar-refractivity contribution in [3.63, 3.8) is 0 Å². The molecular weight excluding hydrogens is 729 g/mol. The van der Waals surface area contributed by atoms with E-state index in [0.717, 1.165) is 45.6 Å². The molecule has 1 unspecified atom stereocenters. The highest BCUT2D eigenvalue weighted by Crippen LogP contribution is 2.56. The lowest BCUT2D eigenvalue weighted by molar-refractivity contribution is 0.768. The van der Waals surface area contributed by atoms with Crippen LogP contribution in [-0.2, 0) is 5.41 Å². The SMILES string of the molecule is CCC1C=Cc2c(n(-c3ccc(-c4ccc(-n5c6ccccc6c6cc7c(nc65)-c5ccccc5C7(c5ccccc5)c5ccccc5)cc4)cc3)c3ccncc23)C=C1. The smallest absolute Gasteiger partial charge is 0.146 e. The lowest BCUT2D eigenvalue weighted by Crippen LogP contribution is -2.28. The van der Waals surface area contributed by atoms with Gasteiger partial charge in [0.25, 0.3) is 0 Å². The quantitative estimate of drug-likeness (QED) is 0.169. The van der Waals surface area contributed by atoms with Gasteiger partial charge >= 0.3 is 0 Å². The average Bonchev–Trinajstić information content (AvgIpc) is 3.85. The highest BCUT2D eigenvalue weighted by molar-refractivity contribution is 6.09. The van der Waals surface area contributed by atoms with Crippen molar-refractivity contribution in [3.8, 4) is 33.8 Å². The van der Waals surface area contributed by atoms with E-state index in [1.54, 1.807) is 0 Å². The van der Waals surface area contributed by atoms with Crippen molar-refractivity contribution in [2.75, 3.05) is 0 Å². The van der Waals surface area contributed by atoms with E-state index in [1.807, 2.05) is 12.4 Å². The maximum absolute atomic E-state index is 5.69. The lowest BCUT2D eigenvalue weighted by atomic mass is 9.68. The first-order chi connectivity index (χ1) is 29.7. The summed E-state index contributed by atoms with van der Waals surface area (Å²) in [7, 11) is 0. The van der Waals surface area contributed by atoms with Crippen LogP contribution in [-0.4, -0.2) is 19.1 Å². The number of allylic oxidation sites excluding steroid dienone is 2. The van der Waals surface area contributed by atoms with Crippen LogP contribution in [0, 0.1) is 5.92 Å². The fraction of sp³-hybridized carbons (Fsp3) is 0.0714. The van der Waals surface area contributed by atoms with Crippen LogP contribution in [0.15, 0.2) is 194 Å². The van der Waals surface area contributed by atoms with Gasteiger partial charge in [-0.25, -0.2) is 4.98 Å². The summed E-state index contributed by atoms with van der Waals surface area (Å²) in [5, 5.41) is 3.51. The molecule has 1 atom stereocenters. The van der Waals surface area contributed by atoms with Crippen LogP contribution in [0.1, 0.15) is 46.9 Å². The van der Waals surface area contributed by atoms with Crippen molar-refractivity contribution >= 4 is 45.0 Å². The normalized spacial score (nSPS) is 15.0. The van der Waals surface area contributed by atoms with Gasteiger partial charge in [-0.15, -0.1) is 0 Å². The molecule has 4 aromatic heterocycles. The third-order valence-corrected chi connectivity index (χ3v) is 13.0. The molecule has 2 aliphatic rings. The Morgan fingerprint density at radius 3 is 1.88 bits per heavy atom. The molecule has 4 nitrogen and oxygen atoms in total. The van der Waals surface area contributed by atoms with Gasteiger partial charge in [-0.2, -0.15) is 0 Å². The van der Waals surface area contributed by atoms with Crippen LogP contribution in [0.3, 0.4) is 0 Å². The minimum Gasteiger partial charge on any atom is -0.309 e. The summed E-state index contributed by atoms with van der Waals surface area (Å²) in [4.78, 5) is 10.2. The van der Waals surface area contributed by atoms with Crippen LogP contribution in [0.5, 0.6) is 0 Å². The lowest BCUT2D eigenvalue weighted by Gasteiger charge is -2.33. The third-order valence-electron chi connectivity index (χ3n) is 13.0. The van der Waals surface area contributed by atoms with Gasteiger partial charge in [0, 0.05) is 51.1 Å². The summed E-state index contributed by atoms with van der Waals surface area (Å²) in [5.74, 6) is 0.428. The van der Waals surface area contributed by atoms with E-state index in [2.05, 4.69) is 215 Å². The third kappa shape index (κ3) is 4.97. The van der Waals surface area contributed by atoms with E-state index >= 15 is 0 Å². The van der Waals surface area contributed by atoms with Crippen molar-refractivity contribution in [2.24, 2.45) is 5.92 Å². The highest BCUT2D eigenvalue weighted by atomic mass is 15.1. The standard InChI is InChI=1S/C56H40N4/c1-2-37-21-31-45-48-36-57-34-33-53(48)59(52(45)32-22-37)42-27-23-38(24-28-42)39-25-29-43(30-26-39)60-51-20-12-10-17-44(51)47-35-50-54(58-55(47)60)46-18-9-11-19-49(46)56(50,40-13-5-3-6-14-40)41-15-7-4-8-16-41/h3-37H,2H2,1H3. The summed E-state index contributed by atoms with van der Waals surface area (Å²) in [6, 6.07) is 62.0. The van der Waals surface area contributed by atoms with Crippen LogP contribution in [0.4, 0.5) is 0 Å². The first-order valence-electron chi connectivity index (χ1n) is 20.9. The average molecular weight is 769 g/mol. The number of pyridine rings is 2. The van der Waals surface area contributed by atoms with E-state index in [-0.39, 0.29) is 0 Å². The van der Waals surface area contributed by atoms with Crippen molar-refractivity contribution < 1.29 is 0 Å². The molecular formula is C56H40N4. The van der Waals surface area contributed by atoms with Crippen LogP contribution in [0.25, 0.3) is 78.8 Å². The second-order valence-electron chi connectivity index (χ2n) is 16.0. The molecule has 0 aliphatic heterocycles. The molecule has 4 heterocycles. The molecule has 284 valence electrons. The molecule has 0 saturated carbocycles. The maximum atomic E-state index is 5.69. The number of nitrogens with zero attached hydrogens (tertiary/aromatic N) is 4. The zero-order valence-electron chi connectivity index (χ0n) is 33.2. The minimum atomic E-state index is -0.508. The molecule has 4 heteroatoms. The molecule has 0 bridgehead atoms. The van der Waals surface area contributed by atoms with Crippen molar-refractivity contribution in [3.05, 3.63) is 228 Å². The summed E-state index contributed by atoms with van der Waals surface area (Å²) < 4.78 is 4.71. The number of rotatable bonds is 6. The Morgan fingerprint density at radius 2 is 1.17 bits per heavy atom. The molecule has 2 aliphatic carbocycles. The van der Waals surface area contributed by atoms with Gasteiger partial charge in [0.1, 0.15) is 5.65 Å². The molecule has 0 saturated heterocycles. The van der Waals surface area contributed by atoms with Crippen LogP contribution in [0.2, 0.25) is 0 Å². The number of para-hydroxylation sites is 1. The van der Waals surface area contributed by atoms with Crippen LogP contribution < -0.4 is 0 Å².